The van der Waals surface area contributed by atoms with Crippen LogP contribution in [0.5, 0.6) is 0 Å². The van der Waals surface area contributed by atoms with Crippen molar-refractivity contribution in [1.29, 1.82) is 0 Å². The number of pyridine rings is 1. The number of aliphatic hydroxyl groups excluding tert-OH is 1. The molecule has 0 aromatic carbocycles. The van der Waals surface area contributed by atoms with Crippen LogP contribution in [0.1, 0.15) is 49.0 Å². The molecular formula is C18H22N6O2. The van der Waals surface area contributed by atoms with Crippen molar-refractivity contribution in [2.24, 2.45) is 5.41 Å². The fourth-order valence-electron chi connectivity index (χ4n) is 3.05. The lowest BCUT2D eigenvalue weighted by atomic mass is 9.87. The molecule has 4 heterocycles. The van der Waals surface area contributed by atoms with Crippen molar-refractivity contribution in [2.45, 2.75) is 32.9 Å². The Hall–Kier alpha value is -2.74. The standard InChI is InChI=1S/C18H22N6O2/c1-18(2,3)16(25)14-11-24(21-20-14)13-9-23(10-13)17(26)12-4-6-22-7-5-19-15(22)8-12/h4-8,11,13,16,25H,9-10H2,1-3H3. The lowest BCUT2D eigenvalue weighted by Gasteiger charge is -2.38. The second kappa shape index (κ2) is 5.91. The van der Waals surface area contributed by atoms with Gasteiger partial charge in [0.05, 0.1) is 12.2 Å². The van der Waals surface area contributed by atoms with E-state index in [-0.39, 0.29) is 17.4 Å². The summed E-state index contributed by atoms with van der Waals surface area (Å²) < 4.78 is 3.61. The molecule has 1 atom stereocenters. The van der Waals surface area contributed by atoms with Crippen LogP contribution >= 0.6 is 0 Å². The van der Waals surface area contributed by atoms with Gasteiger partial charge in [-0.3, -0.25) is 4.79 Å². The summed E-state index contributed by atoms with van der Waals surface area (Å²) in [6.07, 6.45) is 6.49. The molecule has 1 fully saturated rings. The molecule has 0 aliphatic carbocycles. The summed E-state index contributed by atoms with van der Waals surface area (Å²) in [6.45, 7) is 7.02. The van der Waals surface area contributed by atoms with Crippen LogP contribution in [0.15, 0.2) is 36.9 Å². The Bertz CT molecular complexity index is 948. The number of hydrogen-bond donors (Lipinski definition) is 1. The highest BCUT2D eigenvalue weighted by atomic mass is 16.3. The molecule has 8 nitrogen and oxygen atoms in total. The molecule has 3 aromatic rings. The number of imidazole rings is 1. The van der Waals surface area contributed by atoms with Crippen molar-refractivity contribution >= 4 is 11.6 Å². The van der Waals surface area contributed by atoms with Gasteiger partial charge in [-0.2, -0.15) is 0 Å². The van der Waals surface area contributed by atoms with Gasteiger partial charge in [0.2, 0.25) is 0 Å². The van der Waals surface area contributed by atoms with Crippen LogP contribution in [0.2, 0.25) is 0 Å². The molecule has 0 bridgehead atoms. The number of aliphatic hydroxyl groups is 1. The maximum atomic E-state index is 12.6. The Kier molecular flexibility index (Phi) is 3.80. The van der Waals surface area contributed by atoms with E-state index in [0.717, 1.165) is 5.65 Å². The zero-order chi connectivity index (χ0) is 18.5. The minimum Gasteiger partial charge on any atom is -0.386 e. The van der Waals surface area contributed by atoms with E-state index in [2.05, 4.69) is 15.3 Å². The van der Waals surface area contributed by atoms with Crippen LogP contribution in [-0.2, 0) is 0 Å². The molecule has 1 aliphatic rings. The Morgan fingerprint density at radius 2 is 2.08 bits per heavy atom. The monoisotopic (exact) mass is 354 g/mol. The zero-order valence-electron chi connectivity index (χ0n) is 15.1. The van der Waals surface area contributed by atoms with E-state index in [4.69, 9.17) is 0 Å². The Morgan fingerprint density at radius 1 is 1.31 bits per heavy atom. The van der Waals surface area contributed by atoms with E-state index < -0.39 is 6.10 Å². The third-order valence-electron chi connectivity index (χ3n) is 4.80. The zero-order valence-corrected chi connectivity index (χ0v) is 15.1. The highest BCUT2D eigenvalue weighted by Gasteiger charge is 2.34. The fraction of sp³-hybridized carbons (Fsp3) is 0.444. The number of likely N-dealkylation sites (tertiary alicyclic amines) is 1. The van der Waals surface area contributed by atoms with Gasteiger partial charge in [-0.05, 0) is 17.5 Å². The molecule has 0 spiro atoms. The number of carbonyl (C=O) groups excluding carboxylic acids is 1. The Balaban J connectivity index is 1.42. The highest BCUT2D eigenvalue weighted by molar-refractivity contribution is 5.95. The van der Waals surface area contributed by atoms with Gasteiger partial charge < -0.3 is 14.4 Å². The molecule has 1 N–H and O–H groups in total. The van der Waals surface area contributed by atoms with Gasteiger partial charge in [0.1, 0.15) is 17.4 Å². The van der Waals surface area contributed by atoms with Crippen LogP contribution in [0.25, 0.3) is 5.65 Å². The van der Waals surface area contributed by atoms with Gasteiger partial charge in [-0.15, -0.1) is 5.10 Å². The summed E-state index contributed by atoms with van der Waals surface area (Å²) in [5, 5.41) is 18.5. The van der Waals surface area contributed by atoms with Crippen molar-refractivity contribution in [3.8, 4) is 0 Å². The minimum absolute atomic E-state index is 0.0122. The predicted molar refractivity (Wildman–Crippen MR) is 94.6 cm³/mol. The first-order chi connectivity index (χ1) is 12.3. The fourth-order valence-corrected chi connectivity index (χ4v) is 3.05. The number of amides is 1. The SMILES string of the molecule is CC(C)(C)C(O)c1cn(C2CN(C(=O)c3ccn4ccnc4c3)C2)nn1. The smallest absolute Gasteiger partial charge is 0.254 e. The van der Waals surface area contributed by atoms with Crippen molar-refractivity contribution in [2.75, 3.05) is 13.1 Å². The Labute approximate surface area is 151 Å². The second-order valence-electron chi connectivity index (χ2n) is 7.86. The average Bonchev–Trinajstić information content (AvgIpc) is 3.20. The first-order valence-corrected chi connectivity index (χ1v) is 8.65. The molecule has 4 rings (SSSR count). The van der Waals surface area contributed by atoms with E-state index >= 15 is 0 Å². The molecule has 8 heteroatoms. The summed E-state index contributed by atoms with van der Waals surface area (Å²) in [7, 11) is 0. The molecule has 136 valence electrons. The largest absolute Gasteiger partial charge is 0.386 e. The maximum Gasteiger partial charge on any atom is 0.254 e. The molecule has 1 saturated heterocycles. The van der Waals surface area contributed by atoms with Crippen LogP contribution in [0, 0.1) is 5.41 Å². The van der Waals surface area contributed by atoms with Crippen LogP contribution < -0.4 is 0 Å². The number of carbonyl (C=O) groups is 1. The average molecular weight is 354 g/mol. The topological polar surface area (TPSA) is 88.5 Å². The van der Waals surface area contributed by atoms with Crippen molar-refractivity contribution in [1.82, 2.24) is 29.3 Å². The van der Waals surface area contributed by atoms with Gasteiger partial charge in [0.15, 0.2) is 0 Å². The number of nitrogens with zero attached hydrogens (tertiary/aromatic N) is 6. The van der Waals surface area contributed by atoms with Crippen molar-refractivity contribution in [3.63, 3.8) is 0 Å². The molecule has 1 unspecified atom stereocenters. The van der Waals surface area contributed by atoms with Crippen molar-refractivity contribution < 1.29 is 9.90 Å². The van der Waals surface area contributed by atoms with E-state index in [9.17, 15) is 9.90 Å². The van der Waals surface area contributed by atoms with Gasteiger partial charge in [-0.1, -0.05) is 26.0 Å². The second-order valence-corrected chi connectivity index (χ2v) is 7.86. The maximum absolute atomic E-state index is 12.6. The summed E-state index contributed by atoms with van der Waals surface area (Å²) in [5.74, 6) is -0.0122. The van der Waals surface area contributed by atoms with Crippen LogP contribution in [0.3, 0.4) is 0 Å². The Morgan fingerprint density at radius 3 is 2.81 bits per heavy atom. The van der Waals surface area contributed by atoms with E-state index in [1.54, 1.807) is 34.1 Å². The van der Waals surface area contributed by atoms with E-state index in [1.807, 2.05) is 37.6 Å². The first-order valence-electron chi connectivity index (χ1n) is 8.65. The lowest BCUT2D eigenvalue weighted by Crippen LogP contribution is -2.50. The number of rotatable bonds is 3. The molecule has 0 radical (unpaired) electrons. The summed E-state index contributed by atoms with van der Waals surface area (Å²) in [5.41, 5.74) is 1.65. The van der Waals surface area contributed by atoms with Crippen LogP contribution in [0.4, 0.5) is 0 Å². The molecule has 1 aliphatic heterocycles. The van der Waals surface area contributed by atoms with Gasteiger partial charge in [0, 0.05) is 37.2 Å². The lowest BCUT2D eigenvalue weighted by molar-refractivity contribution is 0.0495. The molecule has 3 aromatic heterocycles. The number of fused-ring (bicyclic) bond motifs is 1. The molecule has 0 saturated carbocycles. The third kappa shape index (κ3) is 2.86. The van der Waals surface area contributed by atoms with Crippen LogP contribution in [-0.4, -0.2) is 53.4 Å². The number of aromatic nitrogens is 5. The van der Waals surface area contributed by atoms with Gasteiger partial charge in [-0.25, -0.2) is 9.67 Å². The summed E-state index contributed by atoms with van der Waals surface area (Å²) in [6, 6.07) is 3.68. The first kappa shape index (κ1) is 16.7. The molecule has 1 amide bonds. The van der Waals surface area contributed by atoms with E-state index in [1.165, 1.54) is 0 Å². The predicted octanol–water partition coefficient (Wildman–Crippen LogP) is 1.70. The minimum atomic E-state index is -0.671. The highest BCUT2D eigenvalue weighted by Crippen LogP contribution is 2.32. The van der Waals surface area contributed by atoms with E-state index in [0.29, 0.717) is 24.3 Å². The van der Waals surface area contributed by atoms with Gasteiger partial charge >= 0.3 is 0 Å². The molecular weight excluding hydrogens is 332 g/mol. The molecule has 26 heavy (non-hydrogen) atoms. The summed E-state index contributed by atoms with van der Waals surface area (Å²) in [4.78, 5) is 18.6. The number of hydrogen-bond acceptors (Lipinski definition) is 5. The third-order valence-corrected chi connectivity index (χ3v) is 4.80. The normalized spacial score (nSPS) is 16.7. The van der Waals surface area contributed by atoms with Crippen molar-refractivity contribution in [3.05, 3.63) is 48.2 Å². The quantitative estimate of drug-likeness (QED) is 0.773. The van der Waals surface area contributed by atoms with Gasteiger partial charge in [0.25, 0.3) is 5.91 Å². The summed E-state index contributed by atoms with van der Waals surface area (Å²) >= 11 is 0.